The van der Waals surface area contributed by atoms with Crippen molar-refractivity contribution in [2.75, 3.05) is 12.4 Å². The van der Waals surface area contributed by atoms with E-state index in [1.54, 1.807) is 18.2 Å². The summed E-state index contributed by atoms with van der Waals surface area (Å²) in [7, 11) is 1.47. The molecule has 6 nitrogen and oxygen atoms in total. The third kappa shape index (κ3) is 5.38. The summed E-state index contributed by atoms with van der Waals surface area (Å²) < 4.78 is 46.7. The van der Waals surface area contributed by atoms with Gasteiger partial charge in [-0.2, -0.15) is 0 Å². The van der Waals surface area contributed by atoms with Crippen LogP contribution in [0.4, 0.5) is 18.2 Å². The molecule has 0 unspecified atom stereocenters. The van der Waals surface area contributed by atoms with E-state index in [4.69, 9.17) is 4.42 Å². The van der Waals surface area contributed by atoms with Gasteiger partial charge in [-0.25, -0.2) is 0 Å². The average molecular weight is 424 g/mol. The van der Waals surface area contributed by atoms with Crippen LogP contribution >= 0.6 is 11.3 Å². The van der Waals surface area contributed by atoms with E-state index in [1.807, 2.05) is 0 Å². The lowest BCUT2D eigenvalue weighted by molar-refractivity contribution is -0.275. The van der Waals surface area contributed by atoms with E-state index in [0.717, 1.165) is 11.3 Å². The van der Waals surface area contributed by atoms with E-state index in [1.165, 1.54) is 48.5 Å². The summed E-state index contributed by atoms with van der Waals surface area (Å²) in [4.78, 5) is 26.2. The molecule has 0 saturated carbocycles. The normalized spacial score (nSPS) is 11.2. The van der Waals surface area contributed by atoms with Crippen molar-refractivity contribution in [3.8, 4) is 5.75 Å². The number of alkyl halides is 3. The number of nitrogens with zero attached hydrogens (tertiary/aromatic N) is 1. The van der Waals surface area contributed by atoms with E-state index in [0.29, 0.717) is 9.88 Å². The summed E-state index contributed by atoms with van der Waals surface area (Å²) in [5.41, 5.74) is 0.212. The highest BCUT2D eigenvalue weighted by Gasteiger charge is 2.32. The number of benzene rings is 1. The summed E-state index contributed by atoms with van der Waals surface area (Å²) in [5.74, 6) is -1.10. The molecule has 0 saturated heterocycles. The standard InChI is InChI=1S/C19H15F3N2O4S/c1-24(11-12-5-2-3-6-13(12)28-19(20,21)22)18(26)15-8-9-16(29-15)23-17(25)14-7-4-10-27-14/h2-10H,11H2,1H3,(H,23,25). The Hall–Kier alpha value is -3.27. The maximum Gasteiger partial charge on any atom is 0.573 e. The lowest BCUT2D eigenvalue weighted by Crippen LogP contribution is -2.26. The lowest BCUT2D eigenvalue weighted by Gasteiger charge is -2.19. The Morgan fingerprint density at radius 3 is 2.59 bits per heavy atom. The molecule has 1 aromatic carbocycles. The van der Waals surface area contributed by atoms with Crippen LogP contribution in [0.3, 0.4) is 0 Å². The second-order valence-corrected chi connectivity index (χ2v) is 7.00. The molecule has 0 fully saturated rings. The molecule has 152 valence electrons. The van der Waals surface area contributed by atoms with Gasteiger partial charge in [-0.05, 0) is 30.3 Å². The van der Waals surface area contributed by atoms with E-state index in [-0.39, 0.29) is 23.6 Å². The minimum absolute atomic E-state index is 0.0862. The Bertz CT molecular complexity index is 999. The Morgan fingerprint density at radius 1 is 1.14 bits per heavy atom. The Labute approximate surface area is 167 Å². The fraction of sp³-hybridized carbons (Fsp3) is 0.158. The molecule has 0 bridgehead atoms. The molecule has 2 amide bonds. The quantitative estimate of drug-likeness (QED) is 0.619. The largest absolute Gasteiger partial charge is 0.573 e. The van der Waals surface area contributed by atoms with Crippen LogP contribution in [0.1, 0.15) is 25.8 Å². The molecule has 3 aromatic rings. The third-order valence-electron chi connectivity index (χ3n) is 3.75. The van der Waals surface area contributed by atoms with Crippen LogP contribution in [0.2, 0.25) is 0 Å². The number of nitrogens with one attached hydrogen (secondary N) is 1. The first-order valence-corrected chi connectivity index (χ1v) is 9.08. The highest BCUT2D eigenvalue weighted by Crippen LogP contribution is 2.28. The minimum atomic E-state index is -4.83. The van der Waals surface area contributed by atoms with Crippen LogP contribution in [0.5, 0.6) is 5.75 Å². The Kier molecular flexibility index (Phi) is 5.92. The van der Waals surface area contributed by atoms with Gasteiger partial charge in [0.1, 0.15) is 5.75 Å². The SMILES string of the molecule is CN(Cc1ccccc1OC(F)(F)F)C(=O)c1ccc(NC(=O)c2ccco2)s1. The number of furan rings is 1. The van der Waals surface area contributed by atoms with Gasteiger partial charge in [-0.3, -0.25) is 9.59 Å². The fourth-order valence-electron chi connectivity index (χ4n) is 2.48. The summed E-state index contributed by atoms with van der Waals surface area (Å²) in [5, 5.41) is 3.05. The molecule has 10 heteroatoms. The fourth-order valence-corrected chi connectivity index (χ4v) is 3.37. The van der Waals surface area contributed by atoms with Crippen LogP contribution in [0, 0.1) is 0 Å². The number of ether oxygens (including phenoxy) is 1. The van der Waals surface area contributed by atoms with Crippen molar-refractivity contribution in [1.82, 2.24) is 4.90 Å². The first kappa shape index (κ1) is 20.5. The molecule has 0 radical (unpaired) electrons. The van der Waals surface area contributed by atoms with Crippen molar-refractivity contribution in [1.29, 1.82) is 0 Å². The van der Waals surface area contributed by atoms with Crippen molar-refractivity contribution >= 4 is 28.2 Å². The second-order valence-electron chi connectivity index (χ2n) is 5.91. The van der Waals surface area contributed by atoms with Crippen LogP contribution in [-0.4, -0.2) is 30.1 Å². The van der Waals surface area contributed by atoms with Gasteiger partial charge >= 0.3 is 6.36 Å². The molecule has 0 atom stereocenters. The van der Waals surface area contributed by atoms with E-state index in [9.17, 15) is 22.8 Å². The molecule has 2 heterocycles. The van der Waals surface area contributed by atoms with Gasteiger partial charge in [-0.1, -0.05) is 18.2 Å². The predicted molar refractivity (Wildman–Crippen MR) is 99.9 cm³/mol. The highest BCUT2D eigenvalue weighted by molar-refractivity contribution is 7.18. The number of halogens is 3. The van der Waals surface area contributed by atoms with Gasteiger partial charge < -0.3 is 19.4 Å². The maximum atomic E-state index is 12.6. The topological polar surface area (TPSA) is 71.8 Å². The number of hydrogen-bond donors (Lipinski definition) is 1. The molecular weight excluding hydrogens is 409 g/mol. The Balaban J connectivity index is 1.67. The highest BCUT2D eigenvalue weighted by atomic mass is 32.1. The summed E-state index contributed by atoms with van der Waals surface area (Å²) in [6, 6.07) is 11.8. The molecular formula is C19H15F3N2O4S. The molecule has 0 aliphatic carbocycles. The summed E-state index contributed by atoms with van der Waals surface area (Å²) >= 11 is 1.04. The van der Waals surface area contributed by atoms with Crippen molar-refractivity contribution in [3.63, 3.8) is 0 Å². The molecule has 1 N–H and O–H groups in total. The average Bonchev–Trinajstić information content (AvgIpc) is 3.33. The molecule has 0 spiro atoms. The molecule has 3 rings (SSSR count). The van der Waals surface area contributed by atoms with Crippen LogP contribution < -0.4 is 10.1 Å². The predicted octanol–water partition coefficient (Wildman–Crippen LogP) is 4.76. The van der Waals surface area contributed by atoms with Gasteiger partial charge in [0.25, 0.3) is 11.8 Å². The van der Waals surface area contributed by atoms with Crippen LogP contribution in [0.15, 0.2) is 59.2 Å². The molecule has 0 aliphatic rings. The Morgan fingerprint density at radius 2 is 1.90 bits per heavy atom. The van der Waals surface area contributed by atoms with Crippen molar-refractivity contribution in [2.24, 2.45) is 0 Å². The molecule has 2 aromatic heterocycles. The number of thiophene rings is 1. The maximum absolute atomic E-state index is 12.6. The first-order valence-electron chi connectivity index (χ1n) is 8.27. The van der Waals surface area contributed by atoms with Gasteiger partial charge in [0.15, 0.2) is 5.76 Å². The zero-order valence-corrected chi connectivity index (χ0v) is 15.8. The minimum Gasteiger partial charge on any atom is -0.459 e. The monoisotopic (exact) mass is 424 g/mol. The summed E-state index contributed by atoms with van der Waals surface area (Å²) in [6.45, 7) is -0.0862. The zero-order valence-electron chi connectivity index (χ0n) is 15.0. The number of carbonyl (C=O) groups excluding carboxylic acids is 2. The lowest BCUT2D eigenvalue weighted by atomic mass is 10.2. The smallest absolute Gasteiger partial charge is 0.459 e. The first-order chi connectivity index (χ1) is 13.7. The number of para-hydroxylation sites is 1. The van der Waals surface area contributed by atoms with E-state index in [2.05, 4.69) is 10.1 Å². The third-order valence-corrected chi connectivity index (χ3v) is 4.74. The molecule has 29 heavy (non-hydrogen) atoms. The van der Waals surface area contributed by atoms with E-state index >= 15 is 0 Å². The number of amides is 2. The van der Waals surface area contributed by atoms with Crippen molar-refractivity contribution in [2.45, 2.75) is 12.9 Å². The van der Waals surface area contributed by atoms with Gasteiger partial charge in [0.2, 0.25) is 0 Å². The van der Waals surface area contributed by atoms with E-state index < -0.39 is 18.2 Å². The van der Waals surface area contributed by atoms with Crippen molar-refractivity contribution in [3.05, 3.63) is 71.0 Å². The number of hydrogen-bond acceptors (Lipinski definition) is 5. The number of carbonyl (C=O) groups is 2. The zero-order chi connectivity index (χ0) is 21.0. The summed E-state index contributed by atoms with van der Waals surface area (Å²) in [6.07, 6.45) is -3.46. The van der Waals surface area contributed by atoms with Crippen molar-refractivity contribution < 1.29 is 31.9 Å². The molecule has 0 aliphatic heterocycles. The van der Waals surface area contributed by atoms with Gasteiger partial charge in [0, 0.05) is 19.2 Å². The van der Waals surface area contributed by atoms with Crippen LogP contribution in [-0.2, 0) is 6.54 Å². The second kappa shape index (κ2) is 8.39. The van der Waals surface area contributed by atoms with Gasteiger partial charge in [0.05, 0.1) is 16.1 Å². The van der Waals surface area contributed by atoms with Gasteiger partial charge in [-0.15, -0.1) is 24.5 Å². The number of rotatable bonds is 6. The number of anilines is 1. The van der Waals surface area contributed by atoms with Crippen LogP contribution in [0.25, 0.3) is 0 Å².